The molecule has 9 rings (SSSR count). The van der Waals surface area contributed by atoms with Gasteiger partial charge < -0.3 is 33.6 Å². The first kappa shape index (κ1) is 32.5. The smallest absolute Gasteiger partial charge is 0.344 e. The van der Waals surface area contributed by atoms with Crippen molar-refractivity contribution in [1.29, 1.82) is 0 Å². The van der Waals surface area contributed by atoms with Crippen LogP contribution >= 0.6 is 0 Å². The van der Waals surface area contributed by atoms with E-state index >= 15 is 0 Å². The lowest BCUT2D eigenvalue weighted by molar-refractivity contribution is -0.136. The van der Waals surface area contributed by atoms with E-state index in [1.165, 1.54) is 18.2 Å². The molecule has 11 nitrogen and oxygen atoms in total. The molecule has 11 heteroatoms. The van der Waals surface area contributed by atoms with Crippen LogP contribution in [-0.2, 0) is 33.6 Å². The Balaban J connectivity index is 1.04. The summed E-state index contributed by atoms with van der Waals surface area (Å²) in [4.78, 5) is 62.6. The number of esters is 3. The maximum atomic E-state index is 13.5. The lowest BCUT2D eigenvalue weighted by atomic mass is 10.1. The lowest BCUT2D eigenvalue weighted by Gasteiger charge is -2.13. The summed E-state index contributed by atoms with van der Waals surface area (Å²) in [6, 6.07) is 30.3. The molecule has 0 spiro atoms. The van der Waals surface area contributed by atoms with Gasteiger partial charge in [0.2, 0.25) is 0 Å². The third kappa shape index (κ3) is 6.13. The summed E-state index contributed by atoms with van der Waals surface area (Å²) >= 11 is 0. The highest BCUT2D eigenvalue weighted by Gasteiger charge is 2.21. The Morgan fingerprint density at radius 3 is 1.43 bits per heavy atom. The Hall–Kier alpha value is -7.40. The van der Waals surface area contributed by atoms with E-state index in [2.05, 4.69) is 15.0 Å². The van der Waals surface area contributed by atoms with Crippen molar-refractivity contribution in [3.05, 3.63) is 149 Å². The number of hydrogen-bond donors (Lipinski definition) is 3. The second-order valence-electron chi connectivity index (χ2n) is 12.9. The van der Waals surface area contributed by atoms with Crippen molar-refractivity contribution in [2.45, 2.75) is 19.3 Å². The van der Waals surface area contributed by atoms with Crippen molar-refractivity contribution in [3.63, 3.8) is 0 Å². The number of ether oxygens (including phenoxy) is 3. The molecule has 264 valence electrons. The van der Waals surface area contributed by atoms with Crippen LogP contribution in [0.25, 0.3) is 54.5 Å². The molecule has 9 aromatic rings. The van der Waals surface area contributed by atoms with Gasteiger partial charge >= 0.3 is 23.5 Å². The number of nitrogens with one attached hydrogen (secondary N) is 3. The summed E-state index contributed by atoms with van der Waals surface area (Å²) in [7, 11) is 0. The molecule has 0 aliphatic heterocycles. The minimum absolute atomic E-state index is 0.0266. The van der Waals surface area contributed by atoms with Crippen molar-refractivity contribution >= 4 is 72.4 Å². The van der Waals surface area contributed by atoms with Crippen LogP contribution in [-0.4, -0.2) is 32.9 Å². The SMILES string of the molecule is O=C(Cc1c[nH]c2ccccc12)Oc1ccc2c(c1)oc(=O)c1cc(OC(=O)Cc3c[nH]c4ccccc34)c(OC(=O)Cc3c[nH]c4ccccc34)cc12. The van der Waals surface area contributed by atoms with Crippen molar-refractivity contribution < 1.29 is 33.0 Å². The van der Waals surface area contributed by atoms with E-state index in [1.807, 2.05) is 72.8 Å². The van der Waals surface area contributed by atoms with Crippen LogP contribution in [0.15, 0.2) is 131 Å². The van der Waals surface area contributed by atoms with Gasteiger partial charge in [0, 0.05) is 68.1 Å². The number of rotatable bonds is 9. The molecule has 3 N–H and O–H groups in total. The van der Waals surface area contributed by atoms with Crippen molar-refractivity contribution in [2.24, 2.45) is 0 Å². The highest BCUT2D eigenvalue weighted by molar-refractivity contribution is 6.06. The summed E-state index contributed by atoms with van der Waals surface area (Å²) in [5, 5.41) is 3.62. The van der Waals surface area contributed by atoms with Gasteiger partial charge in [-0.1, -0.05) is 54.6 Å². The van der Waals surface area contributed by atoms with Crippen LogP contribution in [0.5, 0.6) is 17.2 Å². The topological polar surface area (TPSA) is 156 Å². The number of carbonyl (C=O) groups is 3. The van der Waals surface area contributed by atoms with Crippen LogP contribution in [0, 0.1) is 0 Å². The van der Waals surface area contributed by atoms with E-state index in [0.29, 0.717) is 10.8 Å². The van der Waals surface area contributed by atoms with E-state index in [1.54, 1.807) is 30.7 Å². The minimum Gasteiger partial charge on any atom is -0.426 e. The predicted molar refractivity (Wildman–Crippen MR) is 203 cm³/mol. The molecule has 5 aromatic carbocycles. The van der Waals surface area contributed by atoms with Gasteiger partial charge in [-0.25, -0.2) is 4.79 Å². The molecule has 0 unspecified atom stereocenters. The van der Waals surface area contributed by atoms with Crippen LogP contribution in [0.4, 0.5) is 0 Å². The molecule has 0 fully saturated rings. The summed E-state index contributed by atoms with van der Waals surface area (Å²) in [5.74, 6) is -1.72. The number of para-hydroxylation sites is 3. The van der Waals surface area contributed by atoms with Crippen LogP contribution < -0.4 is 19.8 Å². The quantitative estimate of drug-likeness (QED) is 0.0591. The van der Waals surface area contributed by atoms with E-state index in [-0.39, 0.29) is 47.5 Å². The number of H-pyrrole nitrogens is 3. The Labute approximate surface area is 305 Å². The van der Waals surface area contributed by atoms with Crippen LogP contribution in [0.3, 0.4) is 0 Å². The monoisotopic (exact) mass is 715 g/mol. The van der Waals surface area contributed by atoms with Gasteiger partial charge in [-0.2, -0.15) is 0 Å². The number of fused-ring (bicyclic) bond motifs is 6. The molecule has 0 radical (unpaired) electrons. The predicted octanol–water partition coefficient (Wildman–Crippen LogP) is 7.83. The van der Waals surface area contributed by atoms with Gasteiger partial charge in [0.25, 0.3) is 0 Å². The number of carbonyl (C=O) groups excluding carboxylic acids is 3. The molecule has 0 amide bonds. The molecule has 54 heavy (non-hydrogen) atoms. The first-order valence-electron chi connectivity index (χ1n) is 17.2. The van der Waals surface area contributed by atoms with Crippen LogP contribution in [0.2, 0.25) is 0 Å². The highest BCUT2D eigenvalue weighted by Crippen LogP contribution is 2.37. The normalized spacial score (nSPS) is 11.5. The number of benzene rings is 5. The fourth-order valence-electron chi connectivity index (χ4n) is 6.92. The van der Waals surface area contributed by atoms with Gasteiger partial charge in [0.15, 0.2) is 11.5 Å². The van der Waals surface area contributed by atoms with E-state index < -0.39 is 23.5 Å². The molecule has 0 atom stereocenters. The molecule has 0 aliphatic carbocycles. The molecular formula is C43H29N3O8. The first-order valence-corrected chi connectivity index (χ1v) is 17.2. The average molecular weight is 716 g/mol. The van der Waals surface area contributed by atoms with Gasteiger partial charge in [-0.3, -0.25) is 14.4 Å². The molecule has 4 aromatic heterocycles. The average Bonchev–Trinajstić information content (AvgIpc) is 3.89. The zero-order chi connectivity index (χ0) is 36.8. The third-order valence-electron chi connectivity index (χ3n) is 9.46. The summed E-state index contributed by atoms with van der Waals surface area (Å²) in [6.45, 7) is 0. The van der Waals surface area contributed by atoms with Gasteiger partial charge in [-0.05, 0) is 59.2 Å². The molecule has 0 bridgehead atoms. The van der Waals surface area contributed by atoms with E-state index in [9.17, 15) is 19.2 Å². The minimum atomic E-state index is -0.731. The summed E-state index contributed by atoms with van der Waals surface area (Å²) in [5.41, 5.74) is 4.31. The molecule has 0 saturated heterocycles. The largest absolute Gasteiger partial charge is 0.426 e. The van der Waals surface area contributed by atoms with Crippen molar-refractivity contribution in [1.82, 2.24) is 15.0 Å². The number of hydrogen-bond acceptors (Lipinski definition) is 8. The van der Waals surface area contributed by atoms with Gasteiger partial charge in [0.05, 0.1) is 24.6 Å². The summed E-state index contributed by atoms with van der Waals surface area (Å²) in [6.07, 6.45) is 5.13. The Bertz CT molecular complexity index is 3000. The second kappa shape index (κ2) is 13.3. The maximum Gasteiger partial charge on any atom is 0.344 e. The number of aromatic nitrogens is 3. The molecule has 0 aliphatic rings. The first-order chi connectivity index (χ1) is 26.4. The fraction of sp³-hybridized carbons (Fsp3) is 0.0698. The molecular weight excluding hydrogens is 686 g/mol. The standard InChI is InChI=1S/C43H29N3O8/c47-40(15-24-21-44-34-10-4-1-7-28(24)34)51-27-13-14-31-32-19-38(52-41(48)16-25-22-45-35-11-5-2-8-29(25)35)39(20-33(32)43(50)54-37(31)18-27)53-42(49)17-26-23-46-36-12-6-3-9-30(26)36/h1-14,18-23,44-46H,15-17H2. The molecule has 4 heterocycles. The van der Waals surface area contributed by atoms with Crippen molar-refractivity contribution in [3.8, 4) is 17.2 Å². The Kier molecular flexibility index (Phi) is 8.00. The van der Waals surface area contributed by atoms with Gasteiger partial charge in [0.1, 0.15) is 11.3 Å². The highest BCUT2D eigenvalue weighted by atomic mass is 16.6. The Morgan fingerprint density at radius 1 is 0.481 bits per heavy atom. The fourth-order valence-corrected chi connectivity index (χ4v) is 6.92. The van der Waals surface area contributed by atoms with Gasteiger partial charge in [-0.15, -0.1) is 0 Å². The number of aromatic amines is 3. The maximum absolute atomic E-state index is 13.5. The van der Waals surface area contributed by atoms with E-state index in [0.717, 1.165) is 49.4 Å². The summed E-state index contributed by atoms with van der Waals surface area (Å²) < 4.78 is 23.0. The Morgan fingerprint density at radius 2 is 0.926 bits per heavy atom. The molecule has 0 saturated carbocycles. The third-order valence-corrected chi connectivity index (χ3v) is 9.46. The van der Waals surface area contributed by atoms with E-state index in [4.69, 9.17) is 18.6 Å². The zero-order valence-corrected chi connectivity index (χ0v) is 28.4. The van der Waals surface area contributed by atoms with Crippen LogP contribution in [0.1, 0.15) is 16.7 Å². The second-order valence-corrected chi connectivity index (χ2v) is 12.9. The van der Waals surface area contributed by atoms with Crippen molar-refractivity contribution in [2.75, 3.05) is 0 Å². The lowest BCUT2D eigenvalue weighted by Crippen LogP contribution is -2.15. The zero-order valence-electron chi connectivity index (χ0n) is 28.4.